The molecular weight excluding hydrogens is 408 g/mol. The standard InChI is InChI=1S/C14H13Br2F2N3/c1-14(2,3)13-20-11(16)6-12(21-13)19-10-4-7(15)8(17)5-9(10)18/h4-6H,1-3H3,(H,19,20,21). The van der Waals surface area contributed by atoms with E-state index in [1.807, 2.05) is 20.8 Å². The number of nitrogens with zero attached hydrogens (tertiary/aromatic N) is 2. The van der Waals surface area contributed by atoms with Crippen LogP contribution in [0.5, 0.6) is 0 Å². The molecule has 0 saturated carbocycles. The molecule has 0 fully saturated rings. The van der Waals surface area contributed by atoms with E-state index in [1.54, 1.807) is 6.07 Å². The van der Waals surface area contributed by atoms with Crippen LogP contribution in [0, 0.1) is 11.6 Å². The lowest BCUT2D eigenvalue weighted by Gasteiger charge is -2.18. The van der Waals surface area contributed by atoms with E-state index in [2.05, 4.69) is 47.1 Å². The van der Waals surface area contributed by atoms with E-state index in [-0.39, 0.29) is 15.6 Å². The molecule has 0 bridgehead atoms. The second-order valence-electron chi connectivity index (χ2n) is 5.52. The summed E-state index contributed by atoms with van der Waals surface area (Å²) in [6.07, 6.45) is 0. The Hall–Kier alpha value is -1.08. The molecule has 0 atom stereocenters. The van der Waals surface area contributed by atoms with Gasteiger partial charge in [-0.1, -0.05) is 20.8 Å². The van der Waals surface area contributed by atoms with E-state index in [9.17, 15) is 8.78 Å². The van der Waals surface area contributed by atoms with Gasteiger partial charge in [-0.05, 0) is 37.9 Å². The molecule has 1 aromatic heterocycles. The van der Waals surface area contributed by atoms with Crippen molar-refractivity contribution in [3.63, 3.8) is 0 Å². The Morgan fingerprint density at radius 3 is 2.29 bits per heavy atom. The first-order valence-corrected chi connectivity index (χ1v) is 7.72. The molecule has 0 radical (unpaired) electrons. The maximum absolute atomic E-state index is 13.8. The lowest BCUT2D eigenvalue weighted by Crippen LogP contribution is -2.17. The van der Waals surface area contributed by atoms with Crippen molar-refractivity contribution in [2.45, 2.75) is 26.2 Å². The van der Waals surface area contributed by atoms with Gasteiger partial charge in [0.15, 0.2) is 0 Å². The van der Waals surface area contributed by atoms with Crippen LogP contribution >= 0.6 is 31.9 Å². The van der Waals surface area contributed by atoms with Crippen molar-refractivity contribution >= 4 is 43.4 Å². The fourth-order valence-electron chi connectivity index (χ4n) is 1.57. The van der Waals surface area contributed by atoms with Crippen molar-refractivity contribution in [1.82, 2.24) is 9.97 Å². The molecule has 2 rings (SSSR count). The molecule has 1 N–H and O–H groups in total. The highest BCUT2D eigenvalue weighted by Crippen LogP contribution is 2.28. The summed E-state index contributed by atoms with van der Waals surface area (Å²) in [4.78, 5) is 8.67. The monoisotopic (exact) mass is 419 g/mol. The Labute approximate surface area is 138 Å². The third-order valence-electron chi connectivity index (χ3n) is 2.64. The number of benzene rings is 1. The number of rotatable bonds is 2. The molecule has 0 amide bonds. The Bertz CT molecular complexity index is 685. The minimum Gasteiger partial charge on any atom is -0.338 e. The molecule has 21 heavy (non-hydrogen) atoms. The molecule has 3 nitrogen and oxygen atoms in total. The first-order chi connectivity index (χ1) is 9.66. The molecule has 7 heteroatoms. The van der Waals surface area contributed by atoms with Gasteiger partial charge in [-0.3, -0.25) is 0 Å². The van der Waals surface area contributed by atoms with Crippen LogP contribution in [-0.4, -0.2) is 9.97 Å². The van der Waals surface area contributed by atoms with E-state index in [0.29, 0.717) is 16.2 Å². The van der Waals surface area contributed by atoms with E-state index in [0.717, 1.165) is 6.07 Å². The van der Waals surface area contributed by atoms with Crippen LogP contribution < -0.4 is 5.32 Å². The maximum Gasteiger partial charge on any atom is 0.149 e. The van der Waals surface area contributed by atoms with Gasteiger partial charge in [0.1, 0.15) is 27.9 Å². The van der Waals surface area contributed by atoms with Gasteiger partial charge in [0.2, 0.25) is 0 Å². The molecule has 0 aliphatic carbocycles. The van der Waals surface area contributed by atoms with Crippen LogP contribution in [-0.2, 0) is 5.41 Å². The molecule has 112 valence electrons. The molecule has 2 aromatic rings. The van der Waals surface area contributed by atoms with E-state index in [1.165, 1.54) is 6.07 Å². The Morgan fingerprint density at radius 1 is 1.00 bits per heavy atom. The van der Waals surface area contributed by atoms with Crippen LogP contribution in [0.15, 0.2) is 27.3 Å². The van der Waals surface area contributed by atoms with Gasteiger partial charge < -0.3 is 5.32 Å². The summed E-state index contributed by atoms with van der Waals surface area (Å²) in [5, 5.41) is 2.84. The molecule has 0 spiro atoms. The fraction of sp³-hybridized carbons (Fsp3) is 0.286. The number of hydrogen-bond donors (Lipinski definition) is 1. The van der Waals surface area contributed by atoms with Gasteiger partial charge in [0.05, 0.1) is 10.2 Å². The third-order valence-corrected chi connectivity index (χ3v) is 3.65. The SMILES string of the molecule is CC(C)(C)c1nc(Br)cc(Nc2cc(Br)c(F)cc2F)n1. The van der Waals surface area contributed by atoms with Crippen LogP contribution in [0.4, 0.5) is 20.3 Å². The zero-order chi connectivity index (χ0) is 15.8. The lowest BCUT2D eigenvalue weighted by atomic mass is 9.96. The Morgan fingerprint density at radius 2 is 1.67 bits per heavy atom. The summed E-state index contributed by atoms with van der Waals surface area (Å²) in [7, 11) is 0. The van der Waals surface area contributed by atoms with Crippen LogP contribution in [0.3, 0.4) is 0 Å². The van der Waals surface area contributed by atoms with Crippen LogP contribution in [0.1, 0.15) is 26.6 Å². The Kier molecular flexibility index (Phi) is 4.63. The molecule has 1 heterocycles. The van der Waals surface area contributed by atoms with E-state index < -0.39 is 11.6 Å². The average Bonchev–Trinajstić information content (AvgIpc) is 2.34. The van der Waals surface area contributed by atoms with Crippen molar-refractivity contribution in [2.75, 3.05) is 5.32 Å². The summed E-state index contributed by atoms with van der Waals surface area (Å²) in [6.45, 7) is 5.94. The second kappa shape index (κ2) is 5.96. The number of hydrogen-bond acceptors (Lipinski definition) is 3. The normalized spacial score (nSPS) is 11.6. The number of nitrogens with one attached hydrogen (secondary N) is 1. The minimum absolute atomic E-state index is 0.133. The van der Waals surface area contributed by atoms with E-state index in [4.69, 9.17) is 0 Å². The van der Waals surface area contributed by atoms with E-state index >= 15 is 0 Å². The molecule has 0 aliphatic heterocycles. The van der Waals surface area contributed by atoms with Gasteiger partial charge in [0, 0.05) is 17.5 Å². The largest absolute Gasteiger partial charge is 0.338 e. The quantitative estimate of drug-likeness (QED) is 0.527. The third kappa shape index (κ3) is 3.97. The average molecular weight is 421 g/mol. The summed E-state index contributed by atoms with van der Waals surface area (Å²) >= 11 is 6.34. The van der Waals surface area contributed by atoms with Crippen molar-refractivity contribution < 1.29 is 8.78 Å². The zero-order valence-electron chi connectivity index (χ0n) is 11.6. The number of halogens is 4. The lowest BCUT2D eigenvalue weighted by molar-refractivity contribution is 0.544. The highest BCUT2D eigenvalue weighted by Gasteiger charge is 2.19. The molecule has 0 unspecified atom stereocenters. The van der Waals surface area contributed by atoms with Gasteiger partial charge >= 0.3 is 0 Å². The van der Waals surface area contributed by atoms with Crippen molar-refractivity contribution in [2.24, 2.45) is 0 Å². The summed E-state index contributed by atoms with van der Waals surface area (Å²) < 4.78 is 27.8. The number of anilines is 2. The van der Waals surface area contributed by atoms with Crippen molar-refractivity contribution in [3.05, 3.63) is 44.7 Å². The summed E-state index contributed by atoms with van der Waals surface area (Å²) in [6, 6.07) is 3.77. The molecular formula is C14H13Br2F2N3. The molecule has 0 saturated heterocycles. The minimum atomic E-state index is -0.692. The fourth-order valence-corrected chi connectivity index (χ4v) is 2.30. The predicted molar refractivity (Wildman–Crippen MR) is 85.8 cm³/mol. The first-order valence-electron chi connectivity index (χ1n) is 6.13. The van der Waals surface area contributed by atoms with Crippen LogP contribution in [0.25, 0.3) is 0 Å². The highest BCUT2D eigenvalue weighted by atomic mass is 79.9. The highest BCUT2D eigenvalue weighted by molar-refractivity contribution is 9.10. The van der Waals surface area contributed by atoms with Crippen molar-refractivity contribution in [1.29, 1.82) is 0 Å². The van der Waals surface area contributed by atoms with Crippen molar-refractivity contribution in [3.8, 4) is 0 Å². The molecule has 0 aliphatic rings. The van der Waals surface area contributed by atoms with Gasteiger partial charge in [-0.2, -0.15) is 0 Å². The van der Waals surface area contributed by atoms with Gasteiger partial charge in [0.25, 0.3) is 0 Å². The summed E-state index contributed by atoms with van der Waals surface area (Å²) in [5.41, 5.74) is -0.115. The summed E-state index contributed by atoms with van der Waals surface area (Å²) in [5.74, 6) is -0.305. The smallest absolute Gasteiger partial charge is 0.149 e. The van der Waals surface area contributed by atoms with Gasteiger partial charge in [-0.25, -0.2) is 18.7 Å². The number of aromatic nitrogens is 2. The van der Waals surface area contributed by atoms with Gasteiger partial charge in [-0.15, -0.1) is 0 Å². The Balaban J connectivity index is 2.40. The second-order valence-corrected chi connectivity index (χ2v) is 7.19. The topological polar surface area (TPSA) is 37.8 Å². The molecule has 1 aromatic carbocycles. The first kappa shape index (κ1) is 16.3. The zero-order valence-corrected chi connectivity index (χ0v) is 14.8. The predicted octanol–water partition coefficient (Wildman–Crippen LogP) is 5.32. The maximum atomic E-state index is 13.8. The van der Waals surface area contributed by atoms with Crippen LogP contribution in [0.2, 0.25) is 0 Å².